The fourth-order valence-electron chi connectivity index (χ4n) is 3.40. The van der Waals surface area contributed by atoms with Gasteiger partial charge in [0, 0.05) is 24.2 Å². The molecule has 2 aliphatic rings. The molecule has 1 aliphatic heterocycles. The first-order valence-electron chi connectivity index (χ1n) is 9.88. The normalized spacial score (nSPS) is 19.3. The maximum absolute atomic E-state index is 9.42. The summed E-state index contributed by atoms with van der Waals surface area (Å²) in [5.41, 5.74) is 2.95. The van der Waals surface area contributed by atoms with Crippen molar-refractivity contribution < 1.29 is 18.9 Å². The molecule has 0 N–H and O–H groups in total. The Morgan fingerprint density at radius 1 is 0.767 bits per heavy atom. The van der Waals surface area contributed by atoms with Gasteiger partial charge in [-0.2, -0.15) is 10.5 Å². The molecule has 8 heteroatoms. The van der Waals surface area contributed by atoms with Gasteiger partial charge in [0.1, 0.15) is 17.7 Å². The summed E-state index contributed by atoms with van der Waals surface area (Å²) < 4.78 is 22.3. The molecule has 1 aliphatic carbocycles. The van der Waals surface area contributed by atoms with Gasteiger partial charge in [0.15, 0.2) is 0 Å². The fourth-order valence-corrected chi connectivity index (χ4v) is 3.82. The molecule has 1 heterocycles. The molecule has 0 aromatic heterocycles. The van der Waals surface area contributed by atoms with E-state index in [1.165, 1.54) is 0 Å². The van der Waals surface area contributed by atoms with Crippen LogP contribution in [0.15, 0.2) is 34.9 Å². The van der Waals surface area contributed by atoms with E-state index in [1.807, 2.05) is 36.4 Å². The Morgan fingerprint density at radius 3 is 1.73 bits per heavy atom. The van der Waals surface area contributed by atoms with Crippen LogP contribution in [0.5, 0.6) is 0 Å². The fraction of sp³-hybridized carbons (Fsp3) is 0.455. The summed E-state index contributed by atoms with van der Waals surface area (Å²) in [6.07, 6.45) is 0. The van der Waals surface area contributed by atoms with Crippen molar-refractivity contribution in [1.29, 1.82) is 10.5 Å². The number of nitriles is 2. The van der Waals surface area contributed by atoms with Crippen molar-refractivity contribution in [1.82, 2.24) is 4.90 Å². The van der Waals surface area contributed by atoms with Crippen molar-refractivity contribution >= 4 is 22.9 Å². The lowest BCUT2D eigenvalue weighted by Crippen LogP contribution is -2.30. The average Bonchev–Trinajstić information content (AvgIpc) is 3.04. The average molecular weight is 430 g/mol. The number of fused-ring (bicyclic) bond motifs is 1. The summed E-state index contributed by atoms with van der Waals surface area (Å²) in [4.78, 5) is 2.09. The summed E-state index contributed by atoms with van der Waals surface area (Å²) in [6.45, 7) is 5.20. The quantitative estimate of drug-likeness (QED) is 0.634. The zero-order valence-corrected chi connectivity index (χ0v) is 17.5. The van der Waals surface area contributed by atoms with Crippen LogP contribution in [-0.2, 0) is 18.9 Å². The van der Waals surface area contributed by atoms with Crippen LogP contribution in [0.1, 0.15) is 11.1 Å². The van der Waals surface area contributed by atoms with Gasteiger partial charge in [0.2, 0.25) is 0 Å². The molecule has 30 heavy (non-hydrogen) atoms. The number of hydrogen-bond donors (Lipinski definition) is 0. The monoisotopic (exact) mass is 429 g/mol. The van der Waals surface area contributed by atoms with Crippen LogP contribution < -0.4 is 0 Å². The Labute approximate surface area is 181 Å². The van der Waals surface area contributed by atoms with Crippen molar-refractivity contribution in [2.45, 2.75) is 0 Å². The summed E-state index contributed by atoms with van der Waals surface area (Å²) in [7, 11) is 0. The number of nitrogens with zero attached hydrogens (tertiary/aromatic N) is 3. The van der Waals surface area contributed by atoms with Crippen LogP contribution in [0.4, 0.5) is 0 Å². The Morgan fingerprint density at radius 2 is 1.23 bits per heavy atom. The second kappa shape index (κ2) is 11.7. The molecule has 0 bridgehead atoms. The van der Waals surface area contributed by atoms with E-state index in [9.17, 15) is 10.5 Å². The van der Waals surface area contributed by atoms with Crippen molar-refractivity contribution in [3.8, 4) is 12.1 Å². The zero-order chi connectivity index (χ0) is 21.2. The smallest absolute Gasteiger partial charge is 0.139 e. The number of rotatable bonds is 1. The molecular formula is C22H24ClN3O4. The zero-order valence-electron chi connectivity index (χ0n) is 16.7. The van der Waals surface area contributed by atoms with E-state index in [0.29, 0.717) is 76.5 Å². The van der Waals surface area contributed by atoms with E-state index in [4.69, 9.17) is 30.5 Å². The van der Waals surface area contributed by atoms with Crippen molar-refractivity contribution in [3.63, 3.8) is 0 Å². The topological polar surface area (TPSA) is 87.7 Å². The predicted octanol–water partition coefficient (Wildman–Crippen LogP) is 2.79. The van der Waals surface area contributed by atoms with E-state index in [1.54, 1.807) is 0 Å². The van der Waals surface area contributed by atoms with Gasteiger partial charge >= 0.3 is 0 Å². The van der Waals surface area contributed by atoms with E-state index in [-0.39, 0.29) is 5.57 Å². The minimum absolute atomic E-state index is 0.00240. The summed E-state index contributed by atoms with van der Waals surface area (Å²) in [5, 5.41) is 19.2. The first-order valence-corrected chi connectivity index (χ1v) is 10.3. The number of benzene rings is 1. The Kier molecular flexibility index (Phi) is 8.70. The third-order valence-electron chi connectivity index (χ3n) is 4.80. The number of halogens is 1. The highest BCUT2D eigenvalue weighted by molar-refractivity contribution is 6.42. The van der Waals surface area contributed by atoms with E-state index < -0.39 is 0 Å². The van der Waals surface area contributed by atoms with Gasteiger partial charge < -0.3 is 23.8 Å². The standard InChI is InChI=1S/C22H24ClN3O4/c23-21-20(17(15-24)16-25)18-3-1-2-4-19(18)22(21)26-5-7-27-9-11-29-13-14-30-12-10-28-8-6-26/h1-4H,5-14H2. The van der Waals surface area contributed by atoms with Crippen LogP contribution in [0.25, 0.3) is 11.3 Å². The lowest BCUT2D eigenvalue weighted by Gasteiger charge is -2.27. The van der Waals surface area contributed by atoms with Gasteiger partial charge in [-0.25, -0.2) is 0 Å². The molecule has 0 unspecified atom stereocenters. The van der Waals surface area contributed by atoms with Crippen LogP contribution >= 0.6 is 11.6 Å². The van der Waals surface area contributed by atoms with Crippen LogP contribution in [0.3, 0.4) is 0 Å². The lowest BCUT2D eigenvalue weighted by molar-refractivity contribution is 0.00206. The molecule has 0 spiro atoms. The highest BCUT2D eigenvalue weighted by Crippen LogP contribution is 2.46. The van der Waals surface area contributed by atoms with E-state index in [0.717, 1.165) is 16.8 Å². The van der Waals surface area contributed by atoms with Gasteiger partial charge in [-0.05, 0) is 5.56 Å². The second-order valence-electron chi connectivity index (χ2n) is 6.62. The van der Waals surface area contributed by atoms with E-state index in [2.05, 4.69) is 4.90 Å². The Bertz CT molecular complexity index is 853. The van der Waals surface area contributed by atoms with Gasteiger partial charge in [0.05, 0.1) is 63.6 Å². The molecule has 0 amide bonds. The van der Waals surface area contributed by atoms with Crippen LogP contribution in [0.2, 0.25) is 0 Å². The molecule has 1 aromatic carbocycles. The Balaban J connectivity index is 1.88. The molecule has 1 saturated heterocycles. The number of allylic oxidation sites excluding steroid dienone is 3. The minimum atomic E-state index is 0.00240. The number of hydrogen-bond acceptors (Lipinski definition) is 7. The lowest BCUT2D eigenvalue weighted by atomic mass is 10.0. The van der Waals surface area contributed by atoms with Crippen molar-refractivity contribution in [3.05, 3.63) is 46.0 Å². The summed E-state index contributed by atoms with van der Waals surface area (Å²) >= 11 is 6.75. The second-order valence-corrected chi connectivity index (χ2v) is 7.00. The Hall–Kier alpha value is -2.39. The maximum atomic E-state index is 9.42. The predicted molar refractivity (Wildman–Crippen MR) is 112 cm³/mol. The van der Waals surface area contributed by atoms with Gasteiger partial charge in [-0.15, -0.1) is 0 Å². The third-order valence-corrected chi connectivity index (χ3v) is 5.16. The first kappa shape index (κ1) is 22.3. The minimum Gasteiger partial charge on any atom is -0.377 e. The third kappa shape index (κ3) is 5.40. The molecular weight excluding hydrogens is 406 g/mol. The molecule has 1 aromatic rings. The maximum Gasteiger partial charge on any atom is 0.139 e. The molecule has 1 fully saturated rings. The van der Waals surface area contributed by atoms with Gasteiger partial charge in [0.25, 0.3) is 0 Å². The largest absolute Gasteiger partial charge is 0.377 e. The SMILES string of the molecule is N#CC(C#N)=C1C(Cl)=C(N2CCOCCOCCOCCOCC2)c2ccccc21. The first-order chi connectivity index (χ1) is 14.8. The highest BCUT2D eigenvalue weighted by atomic mass is 35.5. The molecule has 0 radical (unpaired) electrons. The summed E-state index contributed by atoms with van der Waals surface area (Å²) in [5.74, 6) is 0. The number of ether oxygens (including phenoxy) is 4. The van der Waals surface area contributed by atoms with Crippen LogP contribution in [-0.4, -0.2) is 70.8 Å². The van der Waals surface area contributed by atoms with Crippen molar-refractivity contribution in [2.75, 3.05) is 65.9 Å². The molecule has 7 nitrogen and oxygen atoms in total. The van der Waals surface area contributed by atoms with Gasteiger partial charge in [-0.1, -0.05) is 35.9 Å². The summed E-state index contributed by atoms with van der Waals surface area (Å²) in [6, 6.07) is 11.6. The molecule has 158 valence electrons. The van der Waals surface area contributed by atoms with Gasteiger partial charge in [-0.3, -0.25) is 0 Å². The van der Waals surface area contributed by atoms with Crippen molar-refractivity contribution in [2.24, 2.45) is 0 Å². The van der Waals surface area contributed by atoms with Crippen LogP contribution in [0, 0.1) is 22.7 Å². The highest BCUT2D eigenvalue weighted by Gasteiger charge is 2.31. The molecule has 0 atom stereocenters. The van der Waals surface area contributed by atoms with E-state index >= 15 is 0 Å². The molecule has 0 saturated carbocycles. The molecule has 3 rings (SSSR count).